The molecule has 2 aromatic heterocycles. The Kier molecular flexibility index (Phi) is 8.42. The zero-order valence-electron chi connectivity index (χ0n) is 19.4. The van der Waals surface area contributed by atoms with Crippen LogP contribution in [0.2, 0.25) is 0 Å². The van der Waals surface area contributed by atoms with Crippen LogP contribution in [0.4, 0.5) is 0 Å². The lowest BCUT2D eigenvalue weighted by Crippen LogP contribution is -2.39. The van der Waals surface area contributed by atoms with Gasteiger partial charge in [0, 0.05) is 30.1 Å². The number of methoxy groups -OCH3 is 1. The molecule has 2 heterocycles. The number of hydrogen-bond acceptors (Lipinski definition) is 7. The Morgan fingerprint density at radius 3 is 2.50 bits per heavy atom. The Morgan fingerprint density at radius 1 is 1.16 bits per heavy atom. The van der Waals surface area contributed by atoms with Gasteiger partial charge < -0.3 is 19.6 Å². The predicted octanol–water partition coefficient (Wildman–Crippen LogP) is 3.90. The van der Waals surface area contributed by atoms with Crippen molar-refractivity contribution in [1.29, 1.82) is 0 Å². The van der Waals surface area contributed by atoms with Gasteiger partial charge in [0.1, 0.15) is 16.4 Å². The van der Waals surface area contributed by atoms with Gasteiger partial charge >= 0.3 is 0 Å². The Hall–Kier alpha value is -2.26. The highest BCUT2D eigenvalue weighted by molar-refractivity contribution is 7.17. The van der Waals surface area contributed by atoms with Crippen LogP contribution in [0, 0.1) is 5.92 Å². The second-order valence-electron chi connectivity index (χ2n) is 8.68. The van der Waals surface area contributed by atoms with E-state index in [9.17, 15) is 9.90 Å². The lowest BCUT2D eigenvalue weighted by molar-refractivity contribution is 0.00129. The SMILES string of the molecule is COc1ccc(-c2csc3nc(CN(C[C@@H](O)COCC(C)C)C(C)C)[nH]c(=O)c23)cc1. The van der Waals surface area contributed by atoms with Gasteiger partial charge in [-0.1, -0.05) is 26.0 Å². The monoisotopic (exact) mass is 459 g/mol. The highest BCUT2D eigenvalue weighted by atomic mass is 32.1. The van der Waals surface area contributed by atoms with Crippen molar-refractivity contribution in [2.75, 3.05) is 26.9 Å². The number of nitrogens with one attached hydrogen (secondary N) is 1. The molecule has 0 saturated heterocycles. The predicted molar refractivity (Wildman–Crippen MR) is 129 cm³/mol. The number of aliphatic hydroxyl groups is 1. The second kappa shape index (κ2) is 11.0. The Bertz CT molecular complexity index is 1060. The Labute approximate surface area is 193 Å². The summed E-state index contributed by atoms with van der Waals surface area (Å²) < 4.78 is 10.8. The number of aromatic amines is 1. The number of hydrogen-bond donors (Lipinski definition) is 2. The molecule has 0 unspecified atom stereocenters. The molecule has 0 radical (unpaired) electrons. The summed E-state index contributed by atoms with van der Waals surface area (Å²) >= 11 is 1.46. The largest absolute Gasteiger partial charge is 0.497 e. The number of nitrogens with zero attached hydrogens (tertiary/aromatic N) is 2. The number of fused-ring (bicyclic) bond motifs is 1. The number of ether oxygens (including phenoxy) is 2. The van der Waals surface area contributed by atoms with Crippen LogP contribution < -0.4 is 10.3 Å². The van der Waals surface area contributed by atoms with Gasteiger partial charge in [0.2, 0.25) is 0 Å². The molecule has 0 aliphatic carbocycles. The van der Waals surface area contributed by atoms with Crippen LogP contribution in [0.3, 0.4) is 0 Å². The topological polar surface area (TPSA) is 87.7 Å². The van der Waals surface area contributed by atoms with E-state index >= 15 is 0 Å². The van der Waals surface area contributed by atoms with Gasteiger partial charge in [-0.2, -0.15) is 0 Å². The molecule has 0 bridgehead atoms. The summed E-state index contributed by atoms with van der Waals surface area (Å²) in [7, 11) is 1.63. The van der Waals surface area contributed by atoms with Crippen LogP contribution in [0.1, 0.15) is 33.5 Å². The third kappa shape index (κ3) is 6.16. The average Bonchev–Trinajstić information content (AvgIpc) is 3.17. The average molecular weight is 460 g/mol. The molecule has 2 N–H and O–H groups in total. The van der Waals surface area contributed by atoms with Crippen LogP contribution in [0.25, 0.3) is 21.3 Å². The molecule has 1 aromatic carbocycles. The summed E-state index contributed by atoms with van der Waals surface area (Å²) in [6.45, 7) is 10.1. The molecule has 7 nitrogen and oxygen atoms in total. The standard InChI is InChI=1S/C24H33N3O4S/c1-15(2)12-31-13-18(28)10-27(16(3)4)11-21-25-23(29)22-20(14-32-24(22)26-21)17-6-8-19(30-5)9-7-17/h6-9,14-16,18,28H,10-13H2,1-5H3,(H,25,26,29)/t18-/m1/s1. The molecule has 32 heavy (non-hydrogen) atoms. The van der Waals surface area contributed by atoms with Gasteiger partial charge in [0.25, 0.3) is 5.56 Å². The Morgan fingerprint density at radius 2 is 1.88 bits per heavy atom. The van der Waals surface area contributed by atoms with Gasteiger partial charge in [-0.15, -0.1) is 11.3 Å². The third-order valence-electron chi connectivity index (χ3n) is 5.18. The fourth-order valence-corrected chi connectivity index (χ4v) is 4.43. The molecule has 0 aliphatic heterocycles. The van der Waals surface area contributed by atoms with Gasteiger partial charge in [0.15, 0.2) is 0 Å². The fourth-order valence-electron chi connectivity index (χ4n) is 3.46. The van der Waals surface area contributed by atoms with Crippen LogP contribution in [-0.2, 0) is 11.3 Å². The number of H-pyrrole nitrogens is 1. The van der Waals surface area contributed by atoms with Crippen molar-refractivity contribution in [3.8, 4) is 16.9 Å². The van der Waals surface area contributed by atoms with Crippen LogP contribution in [0.5, 0.6) is 5.75 Å². The van der Waals surface area contributed by atoms with E-state index in [1.54, 1.807) is 7.11 Å². The minimum absolute atomic E-state index is 0.151. The Balaban J connectivity index is 1.77. The van der Waals surface area contributed by atoms with Crippen LogP contribution in [0.15, 0.2) is 34.4 Å². The first kappa shape index (κ1) is 24.4. The van der Waals surface area contributed by atoms with E-state index in [0.29, 0.717) is 48.3 Å². The molecule has 8 heteroatoms. The number of rotatable bonds is 11. The minimum Gasteiger partial charge on any atom is -0.497 e. The molecule has 0 spiro atoms. The number of aliphatic hydroxyl groups excluding tert-OH is 1. The summed E-state index contributed by atoms with van der Waals surface area (Å²) in [4.78, 5) is 23.4. The molecule has 0 fully saturated rings. The zero-order chi connectivity index (χ0) is 23.3. The van der Waals surface area contributed by atoms with E-state index in [0.717, 1.165) is 16.9 Å². The summed E-state index contributed by atoms with van der Waals surface area (Å²) in [5.41, 5.74) is 1.67. The second-order valence-corrected chi connectivity index (χ2v) is 9.54. The number of benzene rings is 1. The molecule has 0 aliphatic rings. The lowest BCUT2D eigenvalue weighted by atomic mass is 10.1. The van der Waals surface area contributed by atoms with Gasteiger partial charge in [-0.25, -0.2) is 4.98 Å². The maximum Gasteiger partial charge on any atom is 0.260 e. The van der Waals surface area contributed by atoms with Crippen LogP contribution in [-0.4, -0.2) is 59.0 Å². The third-order valence-corrected chi connectivity index (χ3v) is 6.06. The molecule has 0 saturated carbocycles. The maximum absolute atomic E-state index is 13.0. The first-order chi connectivity index (χ1) is 15.3. The first-order valence-electron chi connectivity index (χ1n) is 10.9. The van der Waals surface area contributed by atoms with Crippen molar-refractivity contribution in [3.63, 3.8) is 0 Å². The smallest absolute Gasteiger partial charge is 0.260 e. The van der Waals surface area contributed by atoms with E-state index in [-0.39, 0.29) is 11.6 Å². The van der Waals surface area contributed by atoms with Crippen molar-refractivity contribution in [3.05, 3.63) is 45.8 Å². The van der Waals surface area contributed by atoms with E-state index < -0.39 is 6.10 Å². The quantitative estimate of drug-likeness (QED) is 0.452. The first-order valence-corrected chi connectivity index (χ1v) is 11.8. The van der Waals surface area contributed by atoms with Crippen LogP contribution >= 0.6 is 11.3 Å². The molecule has 3 aromatic rings. The molecule has 174 valence electrons. The molecule has 0 amide bonds. The van der Waals surface area contributed by atoms with Crippen molar-refractivity contribution in [2.45, 2.75) is 46.4 Å². The van der Waals surface area contributed by atoms with Crippen molar-refractivity contribution >= 4 is 21.6 Å². The minimum atomic E-state index is -0.602. The molecule has 3 rings (SSSR count). The van der Waals surface area contributed by atoms with Gasteiger partial charge in [-0.05, 0) is 37.5 Å². The highest BCUT2D eigenvalue weighted by Crippen LogP contribution is 2.31. The lowest BCUT2D eigenvalue weighted by Gasteiger charge is -2.28. The van der Waals surface area contributed by atoms with Crippen molar-refractivity contribution < 1.29 is 14.6 Å². The van der Waals surface area contributed by atoms with Gasteiger partial charge in [0.05, 0.1) is 31.8 Å². The van der Waals surface area contributed by atoms with Crippen molar-refractivity contribution in [2.24, 2.45) is 5.92 Å². The van der Waals surface area contributed by atoms with E-state index in [1.165, 1.54) is 11.3 Å². The van der Waals surface area contributed by atoms with E-state index in [4.69, 9.17) is 14.5 Å². The molecular weight excluding hydrogens is 426 g/mol. The molecular formula is C24H33N3O4S. The fraction of sp³-hybridized carbons (Fsp3) is 0.500. The summed E-state index contributed by atoms with van der Waals surface area (Å²) in [6, 6.07) is 7.82. The zero-order valence-corrected chi connectivity index (χ0v) is 20.2. The normalized spacial score (nSPS) is 12.9. The number of aromatic nitrogens is 2. The summed E-state index contributed by atoms with van der Waals surface area (Å²) in [5, 5.41) is 13.0. The van der Waals surface area contributed by atoms with E-state index in [1.807, 2.05) is 29.6 Å². The van der Waals surface area contributed by atoms with Crippen molar-refractivity contribution in [1.82, 2.24) is 14.9 Å². The number of thiophene rings is 1. The highest BCUT2D eigenvalue weighted by Gasteiger charge is 2.19. The molecule has 1 atom stereocenters. The summed E-state index contributed by atoms with van der Waals surface area (Å²) in [6.07, 6.45) is -0.602. The maximum atomic E-state index is 13.0. The summed E-state index contributed by atoms with van der Waals surface area (Å²) in [5.74, 6) is 1.79. The van der Waals surface area contributed by atoms with Gasteiger partial charge in [-0.3, -0.25) is 9.69 Å². The van der Waals surface area contributed by atoms with E-state index in [2.05, 4.69) is 37.6 Å².